The third-order valence-electron chi connectivity index (χ3n) is 3.82. The molecule has 0 spiro atoms. The molecule has 0 unspecified atom stereocenters. The molecule has 0 N–H and O–H groups in total. The number of hydrogen-bond acceptors (Lipinski definition) is 1. The summed E-state index contributed by atoms with van der Waals surface area (Å²) in [6.07, 6.45) is 0. The SMILES string of the molecule is COc1cccc2c1[Si](C)(C)c1ccc(F)cc1-2. The number of ether oxygens (including phenoxy) is 1. The summed E-state index contributed by atoms with van der Waals surface area (Å²) in [5, 5.41) is 2.58. The van der Waals surface area contributed by atoms with Crippen LogP contribution < -0.4 is 15.1 Å². The minimum Gasteiger partial charge on any atom is -0.497 e. The molecule has 1 heterocycles. The van der Waals surface area contributed by atoms with E-state index in [1.807, 2.05) is 18.2 Å². The fourth-order valence-corrected chi connectivity index (χ4v) is 6.33. The lowest BCUT2D eigenvalue weighted by atomic mass is 10.1. The van der Waals surface area contributed by atoms with E-state index in [4.69, 9.17) is 4.74 Å². The lowest BCUT2D eigenvalue weighted by Gasteiger charge is -2.20. The maximum Gasteiger partial charge on any atom is 0.123 e. The normalized spacial score (nSPS) is 15.1. The average molecular weight is 258 g/mol. The van der Waals surface area contributed by atoms with E-state index in [0.29, 0.717) is 0 Å². The van der Waals surface area contributed by atoms with Gasteiger partial charge in [-0.05, 0) is 39.7 Å². The second kappa shape index (κ2) is 3.69. The van der Waals surface area contributed by atoms with Crippen LogP contribution in [0.3, 0.4) is 0 Å². The van der Waals surface area contributed by atoms with Crippen LogP contribution in [0.25, 0.3) is 11.1 Å². The van der Waals surface area contributed by atoms with Gasteiger partial charge in [0.2, 0.25) is 0 Å². The summed E-state index contributed by atoms with van der Waals surface area (Å²) in [5.41, 5.74) is 2.18. The molecule has 0 aromatic heterocycles. The molecule has 0 atom stereocenters. The molecule has 0 saturated heterocycles. The van der Waals surface area contributed by atoms with Crippen molar-refractivity contribution in [3.63, 3.8) is 0 Å². The molecule has 1 nitrogen and oxygen atoms in total. The summed E-state index contributed by atoms with van der Waals surface area (Å²) in [7, 11) is -0.0635. The van der Waals surface area contributed by atoms with Crippen LogP contribution in [0.5, 0.6) is 5.75 Å². The van der Waals surface area contributed by atoms with Gasteiger partial charge in [0, 0.05) is 0 Å². The van der Waals surface area contributed by atoms with Crippen molar-refractivity contribution in [3.05, 3.63) is 42.2 Å². The maximum atomic E-state index is 13.5. The number of hydrogen-bond donors (Lipinski definition) is 0. The molecule has 0 aliphatic carbocycles. The molecular weight excluding hydrogens is 243 g/mol. The zero-order valence-corrected chi connectivity index (χ0v) is 11.8. The monoisotopic (exact) mass is 258 g/mol. The van der Waals surface area contributed by atoms with Crippen molar-refractivity contribution in [1.82, 2.24) is 0 Å². The maximum absolute atomic E-state index is 13.5. The summed E-state index contributed by atoms with van der Waals surface area (Å²) >= 11 is 0. The smallest absolute Gasteiger partial charge is 0.123 e. The minimum atomic E-state index is -1.76. The highest BCUT2D eigenvalue weighted by atomic mass is 28.3. The van der Waals surface area contributed by atoms with E-state index in [1.165, 1.54) is 10.4 Å². The van der Waals surface area contributed by atoms with E-state index in [0.717, 1.165) is 16.9 Å². The Hall–Kier alpha value is -1.61. The van der Waals surface area contributed by atoms with E-state index in [1.54, 1.807) is 19.2 Å². The van der Waals surface area contributed by atoms with Crippen LogP contribution in [-0.2, 0) is 0 Å². The quantitative estimate of drug-likeness (QED) is 0.715. The highest BCUT2D eigenvalue weighted by Gasteiger charge is 2.39. The Labute approximate surface area is 107 Å². The van der Waals surface area contributed by atoms with Gasteiger partial charge < -0.3 is 4.74 Å². The summed E-state index contributed by atoms with van der Waals surface area (Å²) < 4.78 is 19.0. The van der Waals surface area contributed by atoms with Gasteiger partial charge in [-0.2, -0.15) is 0 Å². The van der Waals surface area contributed by atoms with E-state index >= 15 is 0 Å². The first-order valence-electron chi connectivity index (χ1n) is 6.03. The second-order valence-electron chi connectivity index (χ2n) is 5.20. The summed E-state index contributed by atoms with van der Waals surface area (Å²) in [5.74, 6) is 0.759. The Kier molecular flexibility index (Phi) is 2.35. The van der Waals surface area contributed by atoms with Gasteiger partial charge in [0.15, 0.2) is 0 Å². The molecule has 3 rings (SSSR count). The van der Waals surface area contributed by atoms with Crippen LogP contribution in [0, 0.1) is 5.82 Å². The fourth-order valence-electron chi connectivity index (χ4n) is 2.99. The van der Waals surface area contributed by atoms with E-state index in [-0.39, 0.29) is 5.82 Å². The topological polar surface area (TPSA) is 9.23 Å². The molecule has 0 amide bonds. The van der Waals surface area contributed by atoms with Crippen LogP contribution in [0.2, 0.25) is 13.1 Å². The van der Waals surface area contributed by atoms with E-state index in [9.17, 15) is 4.39 Å². The van der Waals surface area contributed by atoms with Crippen molar-refractivity contribution in [2.24, 2.45) is 0 Å². The molecule has 0 radical (unpaired) electrons. The number of fused-ring (bicyclic) bond motifs is 3. The number of rotatable bonds is 1. The van der Waals surface area contributed by atoms with Gasteiger partial charge in [0.1, 0.15) is 19.6 Å². The first-order valence-corrected chi connectivity index (χ1v) is 9.03. The molecule has 0 bridgehead atoms. The largest absolute Gasteiger partial charge is 0.497 e. The molecule has 1 aliphatic heterocycles. The van der Waals surface area contributed by atoms with Crippen molar-refractivity contribution in [2.45, 2.75) is 13.1 Å². The van der Waals surface area contributed by atoms with E-state index in [2.05, 4.69) is 19.2 Å². The van der Waals surface area contributed by atoms with Gasteiger partial charge in [-0.15, -0.1) is 0 Å². The van der Waals surface area contributed by atoms with E-state index < -0.39 is 8.07 Å². The molecule has 92 valence electrons. The summed E-state index contributed by atoms with van der Waals surface area (Å²) in [6, 6.07) is 11.2. The Morgan fingerprint density at radius 2 is 1.83 bits per heavy atom. The first-order chi connectivity index (χ1) is 8.55. The molecule has 0 saturated carbocycles. The predicted octanol–water partition coefficient (Wildman–Crippen LogP) is 2.64. The Morgan fingerprint density at radius 3 is 2.56 bits per heavy atom. The van der Waals surface area contributed by atoms with Gasteiger partial charge in [0.25, 0.3) is 0 Å². The Balaban J connectivity index is 2.39. The molecule has 18 heavy (non-hydrogen) atoms. The molecule has 1 aliphatic rings. The van der Waals surface area contributed by atoms with Crippen molar-refractivity contribution < 1.29 is 9.13 Å². The first kappa shape index (κ1) is 11.5. The van der Waals surface area contributed by atoms with Gasteiger partial charge >= 0.3 is 0 Å². The Morgan fingerprint density at radius 1 is 1.06 bits per heavy atom. The van der Waals surface area contributed by atoms with Gasteiger partial charge in [0.05, 0.1) is 7.11 Å². The van der Waals surface area contributed by atoms with Gasteiger partial charge in [-0.25, -0.2) is 4.39 Å². The fraction of sp³-hybridized carbons (Fsp3) is 0.200. The van der Waals surface area contributed by atoms with Crippen molar-refractivity contribution in [1.29, 1.82) is 0 Å². The van der Waals surface area contributed by atoms with Crippen molar-refractivity contribution in [2.75, 3.05) is 7.11 Å². The average Bonchev–Trinajstić information content (AvgIpc) is 2.58. The predicted molar refractivity (Wildman–Crippen MR) is 75.1 cm³/mol. The summed E-state index contributed by atoms with van der Waals surface area (Å²) in [6.45, 7) is 4.58. The summed E-state index contributed by atoms with van der Waals surface area (Å²) in [4.78, 5) is 0. The number of benzene rings is 2. The second-order valence-corrected chi connectivity index (χ2v) is 9.49. The molecule has 2 aromatic rings. The number of methoxy groups -OCH3 is 1. The third-order valence-corrected chi connectivity index (χ3v) is 7.36. The minimum absolute atomic E-state index is 0.172. The third kappa shape index (κ3) is 1.37. The zero-order chi connectivity index (χ0) is 12.9. The van der Waals surface area contributed by atoms with Crippen LogP contribution in [0.1, 0.15) is 0 Å². The molecule has 0 fully saturated rings. The standard InChI is InChI=1S/C15H15FOSi/c1-17-13-6-4-5-11-12-9-10(16)7-8-14(12)18(2,3)15(11)13/h4-9H,1-3H3. The zero-order valence-electron chi connectivity index (χ0n) is 10.8. The highest BCUT2D eigenvalue weighted by molar-refractivity contribution is 7.04. The van der Waals surface area contributed by atoms with Crippen LogP contribution >= 0.6 is 0 Å². The van der Waals surface area contributed by atoms with Crippen LogP contribution in [-0.4, -0.2) is 15.2 Å². The van der Waals surface area contributed by atoms with Crippen molar-refractivity contribution in [3.8, 4) is 16.9 Å². The molecule has 2 aromatic carbocycles. The van der Waals surface area contributed by atoms with Crippen LogP contribution in [0.4, 0.5) is 4.39 Å². The highest BCUT2D eigenvalue weighted by Crippen LogP contribution is 2.32. The Bertz CT molecular complexity index is 634. The lowest BCUT2D eigenvalue weighted by Crippen LogP contribution is -2.49. The van der Waals surface area contributed by atoms with Crippen molar-refractivity contribution >= 4 is 18.4 Å². The van der Waals surface area contributed by atoms with Gasteiger partial charge in [-0.1, -0.05) is 31.3 Å². The molecular formula is C15H15FOSi. The van der Waals surface area contributed by atoms with Crippen LogP contribution in [0.15, 0.2) is 36.4 Å². The van der Waals surface area contributed by atoms with Gasteiger partial charge in [-0.3, -0.25) is 0 Å². The molecule has 3 heteroatoms. The number of halogens is 1. The lowest BCUT2D eigenvalue weighted by molar-refractivity contribution is 0.418.